The van der Waals surface area contributed by atoms with Crippen LogP contribution in [0, 0.1) is 0 Å². The molecule has 2 rings (SSSR count). The molecule has 0 amide bonds. The third kappa shape index (κ3) is 6.59. The van der Waals surface area contributed by atoms with Crippen molar-refractivity contribution in [1.82, 2.24) is 0 Å². The average Bonchev–Trinajstić information content (AvgIpc) is 2.67. The number of aryl methyl sites for hydroxylation is 2. The number of rotatable bonds is 13. The Kier molecular flexibility index (Phi) is 9.46. The Hall–Kier alpha value is -1.39. The molecule has 0 bridgehead atoms. The Bertz CT molecular complexity index is 840. The maximum absolute atomic E-state index is 12.0. The average molecular weight is 405 g/mol. The van der Waals surface area contributed by atoms with E-state index in [1.165, 1.54) is 56.6 Å². The van der Waals surface area contributed by atoms with Crippen LogP contribution in [0.1, 0.15) is 89.2 Å². The van der Waals surface area contributed by atoms with Gasteiger partial charge in [-0.1, -0.05) is 89.5 Å². The first kappa shape index (κ1) is 22.9. The molecule has 3 nitrogen and oxygen atoms in total. The van der Waals surface area contributed by atoms with E-state index in [-0.39, 0.29) is 4.90 Å². The molecule has 2 aromatic carbocycles. The fraction of sp³-hybridized carbons (Fsp3) is 0.583. The molecule has 0 unspecified atom stereocenters. The Labute approximate surface area is 171 Å². The minimum absolute atomic E-state index is 0.0568. The molecule has 0 aliphatic carbocycles. The van der Waals surface area contributed by atoms with Crippen LogP contribution < -0.4 is 0 Å². The van der Waals surface area contributed by atoms with Crippen molar-refractivity contribution in [3.63, 3.8) is 0 Å². The first-order valence-corrected chi connectivity index (χ1v) is 12.4. The number of hydrogen-bond donors (Lipinski definition) is 1. The predicted molar refractivity (Wildman–Crippen MR) is 119 cm³/mol. The molecule has 4 heteroatoms. The monoisotopic (exact) mass is 404 g/mol. The maximum Gasteiger partial charge on any atom is 0.295 e. The fourth-order valence-corrected chi connectivity index (χ4v) is 4.73. The van der Waals surface area contributed by atoms with E-state index in [2.05, 4.69) is 26.0 Å². The van der Waals surface area contributed by atoms with Crippen LogP contribution in [-0.2, 0) is 23.0 Å². The van der Waals surface area contributed by atoms with E-state index in [9.17, 15) is 13.0 Å². The van der Waals surface area contributed by atoms with Gasteiger partial charge in [-0.2, -0.15) is 8.42 Å². The van der Waals surface area contributed by atoms with Crippen molar-refractivity contribution < 1.29 is 13.0 Å². The van der Waals surface area contributed by atoms with Crippen molar-refractivity contribution in [2.24, 2.45) is 0 Å². The summed E-state index contributed by atoms with van der Waals surface area (Å²) in [5.41, 5.74) is 2.22. The van der Waals surface area contributed by atoms with Crippen LogP contribution in [-0.4, -0.2) is 13.0 Å². The molecule has 0 atom stereocenters. The van der Waals surface area contributed by atoms with Gasteiger partial charge in [0.25, 0.3) is 10.1 Å². The first-order valence-electron chi connectivity index (χ1n) is 11.0. The molecule has 0 spiro atoms. The third-order valence-corrected chi connectivity index (χ3v) is 6.45. The van der Waals surface area contributed by atoms with Crippen LogP contribution in [0.4, 0.5) is 0 Å². The molecular weight excluding hydrogens is 368 g/mol. The smallest absolute Gasteiger partial charge is 0.282 e. The second-order valence-electron chi connectivity index (χ2n) is 7.87. The highest BCUT2D eigenvalue weighted by Gasteiger charge is 2.18. The minimum atomic E-state index is -4.24. The van der Waals surface area contributed by atoms with Crippen molar-refractivity contribution in [3.05, 3.63) is 41.5 Å². The Morgan fingerprint density at radius 1 is 0.714 bits per heavy atom. The Balaban J connectivity index is 2.29. The summed E-state index contributed by atoms with van der Waals surface area (Å²) in [7, 11) is -4.24. The van der Waals surface area contributed by atoms with Gasteiger partial charge in [-0.3, -0.25) is 4.55 Å². The molecule has 156 valence electrons. The molecule has 0 saturated heterocycles. The van der Waals surface area contributed by atoms with Gasteiger partial charge in [-0.15, -0.1) is 0 Å². The summed E-state index contributed by atoms with van der Waals surface area (Å²) >= 11 is 0. The lowest BCUT2D eigenvalue weighted by atomic mass is 9.93. The minimum Gasteiger partial charge on any atom is -0.282 e. The Morgan fingerprint density at radius 3 is 1.82 bits per heavy atom. The number of hydrogen-bond acceptors (Lipinski definition) is 2. The summed E-state index contributed by atoms with van der Waals surface area (Å²) in [6.07, 6.45) is 13.7. The molecule has 0 aliphatic rings. The van der Waals surface area contributed by atoms with Gasteiger partial charge in [-0.05, 0) is 48.3 Å². The Morgan fingerprint density at radius 2 is 1.25 bits per heavy atom. The second-order valence-corrected chi connectivity index (χ2v) is 9.26. The van der Waals surface area contributed by atoms with E-state index >= 15 is 0 Å². The van der Waals surface area contributed by atoms with Crippen molar-refractivity contribution in [1.29, 1.82) is 0 Å². The van der Waals surface area contributed by atoms with E-state index in [0.29, 0.717) is 0 Å². The summed E-state index contributed by atoms with van der Waals surface area (Å²) in [6, 6.07) is 9.53. The molecule has 0 aliphatic heterocycles. The van der Waals surface area contributed by atoms with Crippen LogP contribution in [0.5, 0.6) is 0 Å². The van der Waals surface area contributed by atoms with Gasteiger partial charge in [0.15, 0.2) is 0 Å². The fourth-order valence-electron chi connectivity index (χ4n) is 3.98. The number of fused-ring (bicyclic) bond motifs is 1. The second kappa shape index (κ2) is 11.6. The molecule has 28 heavy (non-hydrogen) atoms. The topological polar surface area (TPSA) is 54.4 Å². The summed E-state index contributed by atoms with van der Waals surface area (Å²) in [5, 5.41) is 1.71. The lowest BCUT2D eigenvalue weighted by Gasteiger charge is -2.14. The first-order chi connectivity index (χ1) is 13.5. The normalized spacial score (nSPS) is 12.0. The van der Waals surface area contributed by atoms with Crippen molar-refractivity contribution in [2.45, 2.75) is 95.8 Å². The summed E-state index contributed by atoms with van der Waals surface area (Å²) < 4.78 is 33.8. The summed E-state index contributed by atoms with van der Waals surface area (Å²) in [4.78, 5) is 0.0568. The molecule has 0 saturated carbocycles. The van der Waals surface area contributed by atoms with E-state index in [1.54, 1.807) is 6.07 Å². The van der Waals surface area contributed by atoms with E-state index < -0.39 is 10.1 Å². The molecular formula is C24H36O3S. The zero-order valence-corrected chi connectivity index (χ0v) is 18.4. The van der Waals surface area contributed by atoms with Gasteiger partial charge in [0.2, 0.25) is 0 Å². The van der Waals surface area contributed by atoms with Crippen molar-refractivity contribution >= 4 is 20.9 Å². The van der Waals surface area contributed by atoms with Crippen molar-refractivity contribution in [3.8, 4) is 0 Å². The highest BCUT2D eigenvalue weighted by atomic mass is 32.2. The molecule has 0 radical (unpaired) electrons. The van der Waals surface area contributed by atoms with Gasteiger partial charge in [0, 0.05) is 5.39 Å². The SMILES string of the molecule is CCCCCCCc1ccc(CCCCCCC)c2c(S(=O)(=O)O)cccc12. The van der Waals surface area contributed by atoms with Crippen LogP contribution in [0.25, 0.3) is 10.8 Å². The standard InChI is InChI=1S/C24H36O3S/c1-3-5-7-9-11-14-20-18-19-21(15-12-10-8-6-4-2)24-22(20)16-13-17-23(24)28(25,26)27/h13,16-19H,3-12,14-15H2,1-2H3,(H,25,26,27). The zero-order valence-electron chi connectivity index (χ0n) is 17.5. The number of unbranched alkanes of at least 4 members (excludes halogenated alkanes) is 8. The van der Waals surface area contributed by atoms with Gasteiger partial charge < -0.3 is 0 Å². The molecule has 0 fully saturated rings. The molecule has 2 aromatic rings. The van der Waals surface area contributed by atoms with Gasteiger partial charge in [0.1, 0.15) is 4.90 Å². The predicted octanol–water partition coefficient (Wildman–Crippen LogP) is 7.11. The molecule has 1 N–H and O–H groups in total. The van der Waals surface area contributed by atoms with Gasteiger partial charge in [-0.25, -0.2) is 0 Å². The quantitative estimate of drug-likeness (QED) is 0.286. The lowest BCUT2D eigenvalue weighted by Crippen LogP contribution is -2.03. The van der Waals surface area contributed by atoms with Gasteiger partial charge in [0.05, 0.1) is 0 Å². The summed E-state index contributed by atoms with van der Waals surface area (Å²) in [5.74, 6) is 0. The van der Waals surface area contributed by atoms with Crippen LogP contribution in [0.15, 0.2) is 35.2 Å². The van der Waals surface area contributed by atoms with Crippen LogP contribution in [0.3, 0.4) is 0 Å². The highest BCUT2D eigenvalue weighted by molar-refractivity contribution is 7.86. The van der Waals surface area contributed by atoms with E-state index in [0.717, 1.165) is 48.4 Å². The van der Waals surface area contributed by atoms with Crippen molar-refractivity contribution in [2.75, 3.05) is 0 Å². The maximum atomic E-state index is 12.0. The van der Waals surface area contributed by atoms with Crippen LogP contribution in [0.2, 0.25) is 0 Å². The van der Waals surface area contributed by atoms with E-state index in [1.807, 2.05) is 6.07 Å². The van der Waals surface area contributed by atoms with Crippen LogP contribution >= 0.6 is 0 Å². The largest absolute Gasteiger partial charge is 0.295 e. The molecule has 0 heterocycles. The molecule has 0 aromatic heterocycles. The lowest BCUT2D eigenvalue weighted by molar-refractivity contribution is 0.484. The summed E-state index contributed by atoms with van der Waals surface area (Å²) in [6.45, 7) is 4.41. The van der Waals surface area contributed by atoms with E-state index in [4.69, 9.17) is 0 Å². The highest BCUT2D eigenvalue weighted by Crippen LogP contribution is 2.31. The van der Waals surface area contributed by atoms with Gasteiger partial charge >= 0.3 is 0 Å². The number of benzene rings is 2. The zero-order chi connectivity index (χ0) is 20.4. The third-order valence-electron chi connectivity index (χ3n) is 5.56.